The Balaban J connectivity index is 1.90. The summed E-state index contributed by atoms with van der Waals surface area (Å²) in [6, 6.07) is 8.62. The SMILES string of the molecule is CCOC(=S)Sc1ccc(N2CCN(C(C)(C)C)CC2)cc1. The number of thioether (sulfide) groups is 1. The zero-order valence-corrected chi connectivity index (χ0v) is 15.6. The van der Waals surface area contributed by atoms with Crippen LogP contribution in [-0.2, 0) is 4.74 Å². The van der Waals surface area contributed by atoms with Crippen molar-refractivity contribution < 1.29 is 4.74 Å². The summed E-state index contributed by atoms with van der Waals surface area (Å²) in [4.78, 5) is 6.14. The van der Waals surface area contributed by atoms with Crippen LogP contribution in [0.1, 0.15) is 27.7 Å². The largest absolute Gasteiger partial charge is 0.479 e. The normalized spacial score (nSPS) is 16.6. The quantitative estimate of drug-likeness (QED) is 0.609. The predicted molar refractivity (Wildman–Crippen MR) is 100 cm³/mol. The first-order chi connectivity index (χ1) is 10.4. The van der Waals surface area contributed by atoms with Crippen molar-refractivity contribution in [3.8, 4) is 0 Å². The van der Waals surface area contributed by atoms with Crippen LogP contribution >= 0.6 is 24.0 Å². The molecule has 1 aromatic carbocycles. The Morgan fingerprint density at radius 1 is 1.14 bits per heavy atom. The first kappa shape index (κ1) is 17.6. The number of rotatable bonds is 3. The average molecular weight is 339 g/mol. The van der Waals surface area contributed by atoms with Crippen molar-refractivity contribution in [2.75, 3.05) is 37.7 Å². The molecule has 1 aliphatic rings. The summed E-state index contributed by atoms with van der Waals surface area (Å²) >= 11 is 6.68. The summed E-state index contributed by atoms with van der Waals surface area (Å²) in [7, 11) is 0. The van der Waals surface area contributed by atoms with Gasteiger partial charge in [0.1, 0.15) is 0 Å². The number of piperazine rings is 1. The molecule has 3 nitrogen and oxygen atoms in total. The molecule has 0 saturated carbocycles. The van der Waals surface area contributed by atoms with Crippen molar-refractivity contribution in [3.63, 3.8) is 0 Å². The number of hydrogen-bond acceptors (Lipinski definition) is 5. The van der Waals surface area contributed by atoms with Gasteiger partial charge in [-0.2, -0.15) is 0 Å². The van der Waals surface area contributed by atoms with E-state index in [1.165, 1.54) is 17.4 Å². The van der Waals surface area contributed by atoms with Crippen LogP contribution in [0.15, 0.2) is 29.2 Å². The van der Waals surface area contributed by atoms with Crippen LogP contribution in [0.4, 0.5) is 5.69 Å². The van der Waals surface area contributed by atoms with Crippen molar-refractivity contribution in [3.05, 3.63) is 24.3 Å². The van der Waals surface area contributed by atoms with Gasteiger partial charge in [0.15, 0.2) is 0 Å². The predicted octanol–water partition coefficient (Wildman–Crippen LogP) is 4.02. The van der Waals surface area contributed by atoms with Crippen LogP contribution in [0.25, 0.3) is 0 Å². The Morgan fingerprint density at radius 3 is 2.23 bits per heavy atom. The van der Waals surface area contributed by atoms with Crippen molar-refractivity contribution in [1.29, 1.82) is 0 Å². The molecule has 1 aliphatic heterocycles. The Kier molecular flexibility index (Phi) is 6.12. The molecule has 0 unspecified atom stereocenters. The Labute approximate surface area is 144 Å². The molecule has 0 N–H and O–H groups in total. The van der Waals surface area contributed by atoms with Gasteiger partial charge >= 0.3 is 0 Å². The molecule has 22 heavy (non-hydrogen) atoms. The fraction of sp³-hybridized carbons (Fsp3) is 0.588. The van der Waals surface area contributed by atoms with Crippen LogP contribution < -0.4 is 4.90 Å². The summed E-state index contributed by atoms with van der Waals surface area (Å²) in [5.74, 6) is 0. The topological polar surface area (TPSA) is 15.7 Å². The van der Waals surface area contributed by atoms with Gasteiger partial charge in [-0.15, -0.1) is 0 Å². The number of thiocarbonyl (C=S) groups is 1. The zero-order valence-electron chi connectivity index (χ0n) is 14.0. The molecule has 5 heteroatoms. The minimum absolute atomic E-state index is 0.265. The van der Waals surface area contributed by atoms with E-state index in [-0.39, 0.29) is 5.54 Å². The van der Waals surface area contributed by atoms with Crippen molar-refractivity contribution >= 4 is 34.0 Å². The van der Waals surface area contributed by atoms with Gasteiger partial charge in [0.2, 0.25) is 4.38 Å². The number of anilines is 1. The summed E-state index contributed by atoms with van der Waals surface area (Å²) in [6.07, 6.45) is 0. The number of hydrogen-bond donors (Lipinski definition) is 0. The standard InChI is InChI=1S/C17H26N2OS2/c1-5-20-16(21)22-15-8-6-14(7-9-15)18-10-12-19(13-11-18)17(2,3)4/h6-9H,5,10-13H2,1-4H3. The summed E-state index contributed by atoms with van der Waals surface area (Å²) < 4.78 is 5.91. The Bertz CT molecular complexity index is 488. The smallest absolute Gasteiger partial charge is 0.224 e. The van der Waals surface area contributed by atoms with Crippen molar-refractivity contribution in [2.45, 2.75) is 38.1 Å². The van der Waals surface area contributed by atoms with Gasteiger partial charge in [-0.05, 0) is 75.9 Å². The van der Waals surface area contributed by atoms with Crippen LogP contribution in [0.3, 0.4) is 0 Å². The highest BCUT2D eigenvalue weighted by molar-refractivity contribution is 8.22. The number of ether oxygens (including phenoxy) is 1. The van der Waals surface area contributed by atoms with E-state index in [2.05, 4.69) is 54.8 Å². The molecule has 1 saturated heterocycles. The van der Waals surface area contributed by atoms with Gasteiger partial charge in [0, 0.05) is 42.3 Å². The number of nitrogens with zero attached hydrogens (tertiary/aromatic N) is 2. The minimum atomic E-state index is 0.265. The Hall–Kier alpha value is -0.780. The highest BCUT2D eigenvalue weighted by atomic mass is 32.2. The van der Waals surface area contributed by atoms with E-state index in [4.69, 9.17) is 17.0 Å². The van der Waals surface area contributed by atoms with Crippen LogP contribution in [0, 0.1) is 0 Å². The first-order valence-electron chi connectivity index (χ1n) is 7.85. The second-order valence-electron chi connectivity index (χ2n) is 6.42. The van der Waals surface area contributed by atoms with E-state index >= 15 is 0 Å². The van der Waals surface area contributed by atoms with Crippen LogP contribution in [0.5, 0.6) is 0 Å². The van der Waals surface area contributed by atoms with E-state index in [1.807, 2.05) is 6.92 Å². The van der Waals surface area contributed by atoms with Crippen LogP contribution in [-0.4, -0.2) is 47.6 Å². The van der Waals surface area contributed by atoms with Crippen LogP contribution in [0.2, 0.25) is 0 Å². The molecule has 0 spiro atoms. The maximum Gasteiger partial charge on any atom is 0.224 e. The van der Waals surface area contributed by atoms with E-state index in [9.17, 15) is 0 Å². The van der Waals surface area contributed by atoms with Crippen molar-refractivity contribution in [1.82, 2.24) is 4.90 Å². The monoisotopic (exact) mass is 338 g/mol. The van der Waals surface area contributed by atoms with Gasteiger partial charge in [-0.1, -0.05) is 0 Å². The van der Waals surface area contributed by atoms with E-state index in [0.29, 0.717) is 11.0 Å². The van der Waals surface area contributed by atoms with Gasteiger partial charge in [0.05, 0.1) is 6.61 Å². The molecule has 0 atom stereocenters. The lowest BCUT2D eigenvalue weighted by Gasteiger charge is -2.43. The highest BCUT2D eigenvalue weighted by Crippen LogP contribution is 2.25. The highest BCUT2D eigenvalue weighted by Gasteiger charge is 2.25. The second-order valence-corrected chi connectivity index (χ2v) is 8.10. The molecule has 1 heterocycles. The molecular formula is C17H26N2OS2. The van der Waals surface area contributed by atoms with Gasteiger partial charge in [0.25, 0.3) is 0 Å². The van der Waals surface area contributed by atoms with E-state index < -0.39 is 0 Å². The lowest BCUT2D eigenvalue weighted by molar-refractivity contribution is 0.128. The fourth-order valence-electron chi connectivity index (χ4n) is 2.60. The van der Waals surface area contributed by atoms with E-state index in [1.54, 1.807) is 0 Å². The summed E-state index contributed by atoms with van der Waals surface area (Å²) in [6.45, 7) is 13.8. The third-order valence-electron chi connectivity index (χ3n) is 3.89. The van der Waals surface area contributed by atoms with E-state index in [0.717, 1.165) is 31.1 Å². The summed E-state index contributed by atoms with van der Waals surface area (Å²) in [5, 5.41) is 0. The maximum atomic E-state index is 5.31. The summed E-state index contributed by atoms with van der Waals surface area (Å²) in [5.41, 5.74) is 1.56. The lowest BCUT2D eigenvalue weighted by atomic mass is 10.0. The molecule has 1 aromatic rings. The second kappa shape index (κ2) is 7.66. The molecule has 0 bridgehead atoms. The Morgan fingerprint density at radius 2 is 1.73 bits per heavy atom. The van der Waals surface area contributed by atoms with Gasteiger partial charge in [-0.3, -0.25) is 4.90 Å². The lowest BCUT2D eigenvalue weighted by Crippen LogP contribution is -2.53. The molecule has 122 valence electrons. The third-order valence-corrected chi connectivity index (χ3v) is 5.05. The molecule has 1 fully saturated rings. The fourth-order valence-corrected chi connectivity index (χ4v) is 3.65. The molecular weight excluding hydrogens is 312 g/mol. The zero-order chi connectivity index (χ0) is 16.2. The molecule has 0 aliphatic carbocycles. The molecule has 0 radical (unpaired) electrons. The molecule has 2 rings (SSSR count). The average Bonchev–Trinajstić information content (AvgIpc) is 2.47. The van der Waals surface area contributed by atoms with Gasteiger partial charge < -0.3 is 9.64 Å². The van der Waals surface area contributed by atoms with Crippen molar-refractivity contribution in [2.24, 2.45) is 0 Å². The third kappa shape index (κ3) is 4.86. The minimum Gasteiger partial charge on any atom is -0.479 e. The molecule has 0 aromatic heterocycles. The number of benzene rings is 1. The van der Waals surface area contributed by atoms with Gasteiger partial charge in [-0.25, -0.2) is 0 Å². The maximum absolute atomic E-state index is 5.31. The first-order valence-corrected chi connectivity index (χ1v) is 9.07. The molecule has 0 amide bonds.